The second kappa shape index (κ2) is 8.27. The maximum Gasteiger partial charge on any atom is 0.409 e. The number of fused-ring (bicyclic) bond motifs is 2. The van der Waals surface area contributed by atoms with Gasteiger partial charge in [0.15, 0.2) is 0 Å². The second-order valence-electron chi connectivity index (χ2n) is 7.68. The van der Waals surface area contributed by atoms with E-state index < -0.39 is 0 Å². The number of piperidine rings is 1. The number of aromatic nitrogens is 1. The van der Waals surface area contributed by atoms with E-state index >= 15 is 0 Å². The van der Waals surface area contributed by atoms with E-state index in [-0.39, 0.29) is 6.09 Å². The molecule has 0 bridgehead atoms. The Morgan fingerprint density at radius 3 is 2.62 bits per heavy atom. The van der Waals surface area contributed by atoms with Gasteiger partial charge in [0.05, 0.1) is 19.4 Å². The Kier molecular flexibility index (Phi) is 5.56. The third-order valence-electron chi connectivity index (χ3n) is 5.84. The molecular formula is C24H28N2O3. The summed E-state index contributed by atoms with van der Waals surface area (Å²) in [6.45, 7) is 5.70. The van der Waals surface area contributed by atoms with Crippen LogP contribution in [0, 0.1) is 6.92 Å². The van der Waals surface area contributed by atoms with Gasteiger partial charge in [0.2, 0.25) is 0 Å². The molecule has 4 rings (SSSR count). The highest BCUT2D eigenvalue weighted by Crippen LogP contribution is 2.42. The Labute approximate surface area is 172 Å². The highest BCUT2D eigenvalue weighted by Gasteiger charge is 2.28. The molecule has 0 radical (unpaired) electrons. The van der Waals surface area contributed by atoms with Crippen LogP contribution in [0.5, 0.6) is 5.75 Å². The van der Waals surface area contributed by atoms with Crippen LogP contribution >= 0.6 is 0 Å². The van der Waals surface area contributed by atoms with Crippen LogP contribution in [0.2, 0.25) is 0 Å². The van der Waals surface area contributed by atoms with Crippen molar-refractivity contribution in [2.45, 2.75) is 39.5 Å². The Morgan fingerprint density at radius 1 is 1.14 bits per heavy atom. The number of hydrogen-bond acceptors (Lipinski definition) is 4. The summed E-state index contributed by atoms with van der Waals surface area (Å²) < 4.78 is 11.0. The topological polar surface area (TPSA) is 51.7 Å². The van der Waals surface area contributed by atoms with Crippen LogP contribution in [0.15, 0.2) is 36.0 Å². The Hall–Kier alpha value is -2.82. The van der Waals surface area contributed by atoms with Crippen molar-refractivity contribution in [1.29, 1.82) is 0 Å². The van der Waals surface area contributed by atoms with Crippen LogP contribution < -0.4 is 4.74 Å². The average Bonchev–Trinajstić information content (AvgIpc) is 2.90. The summed E-state index contributed by atoms with van der Waals surface area (Å²) in [5, 5.41) is 0. The lowest BCUT2D eigenvalue weighted by atomic mass is 9.87. The molecule has 2 aliphatic rings. The van der Waals surface area contributed by atoms with Crippen molar-refractivity contribution >= 4 is 11.7 Å². The first-order valence-electron chi connectivity index (χ1n) is 10.4. The Morgan fingerprint density at radius 2 is 1.90 bits per heavy atom. The van der Waals surface area contributed by atoms with E-state index in [1.54, 1.807) is 12.0 Å². The Bertz CT molecular complexity index is 955. The van der Waals surface area contributed by atoms with Crippen LogP contribution in [0.25, 0.3) is 5.57 Å². The van der Waals surface area contributed by atoms with Crippen LogP contribution in [0.1, 0.15) is 47.7 Å². The molecule has 1 fully saturated rings. The maximum atomic E-state index is 12.1. The molecule has 29 heavy (non-hydrogen) atoms. The van der Waals surface area contributed by atoms with Gasteiger partial charge in [-0.1, -0.05) is 17.7 Å². The highest BCUT2D eigenvalue weighted by molar-refractivity contribution is 5.87. The second-order valence-corrected chi connectivity index (χ2v) is 7.68. The molecule has 0 saturated carbocycles. The summed E-state index contributed by atoms with van der Waals surface area (Å²) in [6, 6.07) is 8.59. The molecule has 0 spiro atoms. The van der Waals surface area contributed by atoms with Gasteiger partial charge >= 0.3 is 6.09 Å². The molecule has 1 saturated heterocycles. The third kappa shape index (κ3) is 3.74. The van der Waals surface area contributed by atoms with Gasteiger partial charge in [-0.15, -0.1) is 0 Å². The zero-order chi connectivity index (χ0) is 20.4. The smallest absolute Gasteiger partial charge is 0.409 e. The number of nitrogens with zero attached hydrogens (tertiary/aromatic N) is 2. The summed E-state index contributed by atoms with van der Waals surface area (Å²) in [5.74, 6) is 0.911. The number of likely N-dealkylation sites (tertiary alicyclic amines) is 1. The van der Waals surface area contributed by atoms with E-state index in [4.69, 9.17) is 14.5 Å². The van der Waals surface area contributed by atoms with Crippen LogP contribution in [0.3, 0.4) is 0 Å². The van der Waals surface area contributed by atoms with Crippen LogP contribution in [-0.4, -0.2) is 42.8 Å². The lowest BCUT2D eigenvalue weighted by Gasteiger charge is -2.30. The lowest BCUT2D eigenvalue weighted by molar-refractivity contribution is 0.104. The molecule has 0 N–H and O–H groups in total. The molecule has 1 aromatic carbocycles. The third-order valence-corrected chi connectivity index (χ3v) is 5.84. The van der Waals surface area contributed by atoms with E-state index in [0.717, 1.165) is 37.1 Å². The van der Waals surface area contributed by atoms with Crippen LogP contribution in [0.4, 0.5) is 4.79 Å². The number of hydrogen-bond donors (Lipinski definition) is 0. The minimum Gasteiger partial charge on any atom is -0.496 e. The fraction of sp³-hybridized carbons (Fsp3) is 0.417. The van der Waals surface area contributed by atoms with Gasteiger partial charge in [0.25, 0.3) is 0 Å². The number of benzene rings is 1. The predicted molar refractivity (Wildman–Crippen MR) is 113 cm³/mol. The summed E-state index contributed by atoms with van der Waals surface area (Å²) in [6.07, 6.45) is 5.23. The average molecular weight is 392 g/mol. The van der Waals surface area contributed by atoms with Gasteiger partial charge < -0.3 is 14.4 Å². The summed E-state index contributed by atoms with van der Waals surface area (Å²) in [4.78, 5) is 18.7. The van der Waals surface area contributed by atoms with Gasteiger partial charge in [0, 0.05) is 30.4 Å². The molecule has 5 heteroatoms. The standard InChI is InChI=1S/C24H28N2O3/c1-4-29-24(27)26-12-9-17(10-13-26)22-21-19(14-16(2)15-20(21)28-3)8-7-18-6-5-11-25-23(18)22/h5-6,11,14-15H,4,7-10,12-13H2,1-3H3. The maximum absolute atomic E-state index is 12.1. The fourth-order valence-corrected chi connectivity index (χ4v) is 4.49. The molecule has 1 aliphatic heterocycles. The molecule has 2 heterocycles. The van der Waals surface area contributed by atoms with E-state index in [0.29, 0.717) is 19.7 Å². The quantitative estimate of drug-likeness (QED) is 0.752. The lowest BCUT2D eigenvalue weighted by Crippen LogP contribution is -2.37. The number of pyridine rings is 1. The van der Waals surface area contributed by atoms with Gasteiger partial charge in [0.1, 0.15) is 5.75 Å². The zero-order valence-corrected chi connectivity index (χ0v) is 17.5. The minimum absolute atomic E-state index is 0.218. The SMILES string of the molecule is CCOC(=O)N1CCC(=C2c3ncccc3CCc3cc(C)cc(OC)c32)CC1. The number of rotatable bonds is 2. The molecule has 1 aliphatic carbocycles. The normalized spacial score (nSPS) is 16.0. The number of aryl methyl sites for hydroxylation is 3. The number of amides is 1. The van der Waals surface area contributed by atoms with Crippen molar-refractivity contribution in [3.8, 4) is 5.75 Å². The highest BCUT2D eigenvalue weighted by atomic mass is 16.6. The van der Waals surface area contributed by atoms with Crippen molar-refractivity contribution in [2.24, 2.45) is 0 Å². The molecule has 152 valence electrons. The molecular weight excluding hydrogens is 364 g/mol. The van der Waals surface area contributed by atoms with Crippen molar-refractivity contribution in [1.82, 2.24) is 9.88 Å². The number of methoxy groups -OCH3 is 1. The molecule has 2 aromatic rings. The molecule has 5 nitrogen and oxygen atoms in total. The fourth-order valence-electron chi connectivity index (χ4n) is 4.49. The zero-order valence-electron chi connectivity index (χ0n) is 17.5. The molecule has 1 amide bonds. The predicted octanol–water partition coefficient (Wildman–Crippen LogP) is 4.55. The summed E-state index contributed by atoms with van der Waals surface area (Å²) in [7, 11) is 1.74. The van der Waals surface area contributed by atoms with Gasteiger partial charge in [-0.3, -0.25) is 4.98 Å². The van der Waals surface area contributed by atoms with E-state index in [9.17, 15) is 4.79 Å². The number of ether oxygens (including phenoxy) is 2. The van der Waals surface area contributed by atoms with Crippen molar-refractivity contribution in [3.05, 3.63) is 64.0 Å². The first-order chi connectivity index (χ1) is 14.1. The van der Waals surface area contributed by atoms with Crippen LogP contribution in [-0.2, 0) is 17.6 Å². The van der Waals surface area contributed by atoms with Crippen molar-refractivity contribution < 1.29 is 14.3 Å². The number of carbonyl (C=O) groups excluding carboxylic acids is 1. The first kappa shape index (κ1) is 19.5. The van der Waals surface area contributed by atoms with E-state index in [1.807, 2.05) is 19.2 Å². The van der Waals surface area contributed by atoms with Gasteiger partial charge in [-0.2, -0.15) is 0 Å². The number of carbonyl (C=O) groups is 1. The molecule has 0 atom stereocenters. The van der Waals surface area contributed by atoms with Gasteiger partial charge in [-0.05, 0) is 68.4 Å². The van der Waals surface area contributed by atoms with Crippen molar-refractivity contribution in [3.63, 3.8) is 0 Å². The summed E-state index contributed by atoms with van der Waals surface area (Å²) in [5.41, 5.74) is 8.59. The van der Waals surface area contributed by atoms with E-state index in [1.165, 1.54) is 33.4 Å². The molecule has 0 unspecified atom stereocenters. The first-order valence-corrected chi connectivity index (χ1v) is 10.4. The summed E-state index contributed by atoms with van der Waals surface area (Å²) >= 11 is 0. The van der Waals surface area contributed by atoms with E-state index in [2.05, 4.69) is 25.1 Å². The minimum atomic E-state index is -0.218. The largest absolute Gasteiger partial charge is 0.496 e. The van der Waals surface area contributed by atoms with Gasteiger partial charge in [-0.25, -0.2) is 4.79 Å². The molecule has 1 aromatic heterocycles. The Balaban J connectivity index is 1.83. The van der Waals surface area contributed by atoms with Crippen molar-refractivity contribution in [2.75, 3.05) is 26.8 Å². The monoisotopic (exact) mass is 392 g/mol.